The lowest BCUT2D eigenvalue weighted by Crippen LogP contribution is -2.49. The molecule has 1 aliphatic heterocycles. The van der Waals surface area contributed by atoms with Crippen LogP contribution in [-0.4, -0.2) is 44.3 Å². The number of tetrazole rings is 1. The Morgan fingerprint density at radius 1 is 1.32 bits per heavy atom. The molecule has 3 N–H and O–H groups in total. The van der Waals surface area contributed by atoms with E-state index < -0.39 is 5.97 Å². The van der Waals surface area contributed by atoms with Crippen molar-refractivity contribution in [2.75, 3.05) is 6.54 Å². The summed E-state index contributed by atoms with van der Waals surface area (Å²) in [5, 5.41) is 26.2. The smallest absolute Gasteiger partial charge is 0.320 e. The largest absolute Gasteiger partial charge is 0.480 e. The molecule has 4 atom stereocenters. The fraction of sp³-hybridized carbons (Fsp3) is 0.833. The first-order valence-electron chi connectivity index (χ1n) is 6.91. The van der Waals surface area contributed by atoms with Crippen molar-refractivity contribution in [2.24, 2.45) is 17.8 Å². The lowest BCUT2D eigenvalue weighted by atomic mass is 9.69. The minimum atomic E-state index is -0.722. The van der Waals surface area contributed by atoms with Crippen LogP contribution in [0.5, 0.6) is 0 Å². The Kier molecular flexibility index (Phi) is 3.46. The molecule has 0 spiro atoms. The molecular formula is C12H19N5O2. The number of aliphatic carboxylic acids is 1. The van der Waals surface area contributed by atoms with E-state index in [-0.39, 0.29) is 6.04 Å². The van der Waals surface area contributed by atoms with Gasteiger partial charge in [0.05, 0.1) is 0 Å². The van der Waals surface area contributed by atoms with Gasteiger partial charge in [0.1, 0.15) is 11.9 Å². The van der Waals surface area contributed by atoms with Gasteiger partial charge in [-0.3, -0.25) is 4.79 Å². The molecule has 104 valence electrons. The molecule has 1 aliphatic carbocycles. The Morgan fingerprint density at radius 2 is 2.21 bits per heavy atom. The maximum Gasteiger partial charge on any atom is 0.320 e. The molecule has 2 heterocycles. The van der Waals surface area contributed by atoms with E-state index in [1.54, 1.807) is 0 Å². The highest BCUT2D eigenvalue weighted by Gasteiger charge is 2.37. The van der Waals surface area contributed by atoms with Gasteiger partial charge in [-0.25, -0.2) is 5.10 Å². The molecule has 0 aromatic carbocycles. The first-order valence-corrected chi connectivity index (χ1v) is 6.91. The lowest BCUT2D eigenvalue weighted by Gasteiger charge is -2.41. The number of fused-ring (bicyclic) bond motifs is 1. The van der Waals surface area contributed by atoms with Crippen LogP contribution in [-0.2, 0) is 11.2 Å². The molecule has 0 amide bonds. The van der Waals surface area contributed by atoms with Gasteiger partial charge in [-0.05, 0) is 60.4 Å². The van der Waals surface area contributed by atoms with Crippen molar-refractivity contribution in [3.63, 3.8) is 0 Å². The topological polar surface area (TPSA) is 104 Å². The minimum Gasteiger partial charge on any atom is -0.480 e. The molecular weight excluding hydrogens is 246 g/mol. The average Bonchev–Trinajstić information content (AvgIpc) is 2.90. The van der Waals surface area contributed by atoms with Crippen LogP contribution < -0.4 is 5.32 Å². The van der Waals surface area contributed by atoms with E-state index >= 15 is 0 Å². The summed E-state index contributed by atoms with van der Waals surface area (Å²) in [5.41, 5.74) is 0. The van der Waals surface area contributed by atoms with Gasteiger partial charge in [0.15, 0.2) is 0 Å². The van der Waals surface area contributed by atoms with Gasteiger partial charge in [0.25, 0.3) is 0 Å². The van der Waals surface area contributed by atoms with E-state index in [1.165, 1.54) is 12.8 Å². The summed E-state index contributed by atoms with van der Waals surface area (Å²) < 4.78 is 0. The van der Waals surface area contributed by atoms with Gasteiger partial charge in [-0.1, -0.05) is 0 Å². The second-order valence-corrected chi connectivity index (χ2v) is 5.79. The van der Waals surface area contributed by atoms with E-state index in [0.29, 0.717) is 17.8 Å². The molecule has 7 nitrogen and oxygen atoms in total. The van der Waals surface area contributed by atoms with Crippen molar-refractivity contribution in [1.29, 1.82) is 0 Å². The summed E-state index contributed by atoms with van der Waals surface area (Å²) >= 11 is 0. The average molecular weight is 265 g/mol. The molecule has 7 heteroatoms. The number of carboxylic acid groups (broad SMARTS) is 1. The molecule has 0 bridgehead atoms. The number of carbonyl (C=O) groups is 1. The monoisotopic (exact) mass is 265 g/mol. The predicted molar refractivity (Wildman–Crippen MR) is 66.2 cm³/mol. The minimum absolute atomic E-state index is 0.369. The highest BCUT2D eigenvalue weighted by atomic mass is 16.4. The molecule has 3 unspecified atom stereocenters. The molecule has 1 saturated carbocycles. The number of hydrogen-bond donors (Lipinski definition) is 3. The Bertz CT molecular complexity index is 435. The zero-order chi connectivity index (χ0) is 13.2. The van der Waals surface area contributed by atoms with E-state index in [0.717, 1.165) is 31.6 Å². The van der Waals surface area contributed by atoms with Crippen LogP contribution in [0.25, 0.3) is 0 Å². The van der Waals surface area contributed by atoms with Gasteiger partial charge < -0.3 is 10.4 Å². The third kappa shape index (κ3) is 2.75. The number of rotatable bonds is 3. The number of H-pyrrole nitrogens is 1. The maximum absolute atomic E-state index is 11.1. The van der Waals surface area contributed by atoms with Crippen LogP contribution in [0.3, 0.4) is 0 Å². The van der Waals surface area contributed by atoms with Crippen LogP contribution in [0.15, 0.2) is 0 Å². The number of carboxylic acids is 1. The SMILES string of the molecule is O=C(O)[C@H]1CC2CC(Cc3nnn[nH]3)CCC2CN1. The lowest BCUT2D eigenvalue weighted by molar-refractivity contribution is -0.141. The van der Waals surface area contributed by atoms with Crippen molar-refractivity contribution in [1.82, 2.24) is 25.9 Å². The highest BCUT2D eigenvalue weighted by Crippen LogP contribution is 2.39. The summed E-state index contributed by atoms with van der Waals surface area (Å²) in [6.45, 7) is 0.845. The number of aromatic nitrogens is 4. The molecule has 19 heavy (non-hydrogen) atoms. The van der Waals surface area contributed by atoms with Crippen molar-refractivity contribution >= 4 is 5.97 Å². The highest BCUT2D eigenvalue weighted by molar-refractivity contribution is 5.73. The van der Waals surface area contributed by atoms with E-state index in [4.69, 9.17) is 5.11 Å². The zero-order valence-corrected chi connectivity index (χ0v) is 10.7. The molecule has 1 aromatic heterocycles. The molecule has 0 radical (unpaired) electrons. The van der Waals surface area contributed by atoms with Gasteiger partial charge in [0.2, 0.25) is 0 Å². The fourth-order valence-corrected chi connectivity index (χ4v) is 3.57. The molecule has 2 fully saturated rings. The maximum atomic E-state index is 11.1. The third-order valence-electron chi connectivity index (χ3n) is 4.58. The summed E-state index contributed by atoms with van der Waals surface area (Å²) in [4.78, 5) is 11.1. The van der Waals surface area contributed by atoms with Crippen LogP contribution in [0.4, 0.5) is 0 Å². The molecule has 1 saturated heterocycles. The van der Waals surface area contributed by atoms with Crippen LogP contribution in [0, 0.1) is 17.8 Å². The Labute approximate surface area is 111 Å². The first-order chi connectivity index (χ1) is 9.22. The number of aromatic amines is 1. The fourth-order valence-electron chi connectivity index (χ4n) is 3.57. The van der Waals surface area contributed by atoms with Crippen molar-refractivity contribution in [3.8, 4) is 0 Å². The second-order valence-electron chi connectivity index (χ2n) is 5.79. The Morgan fingerprint density at radius 3 is 2.95 bits per heavy atom. The number of nitrogens with one attached hydrogen (secondary N) is 2. The number of hydrogen-bond acceptors (Lipinski definition) is 5. The predicted octanol–water partition coefficient (Wildman–Crippen LogP) is 0.221. The van der Waals surface area contributed by atoms with E-state index in [1.807, 2.05) is 0 Å². The second kappa shape index (κ2) is 5.24. The Balaban J connectivity index is 1.59. The summed E-state index contributed by atoms with van der Waals surface area (Å²) in [6.07, 6.45) is 5.08. The summed E-state index contributed by atoms with van der Waals surface area (Å²) in [7, 11) is 0. The molecule has 1 aromatic rings. The van der Waals surface area contributed by atoms with Gasteiger partial charge in [-0.2, -0.15) is 0 Å². The van der Waals surface area contributed by atoms with E-state index in [9.17, 15) is 4.79 Å². The summed E-state index contributed by atoms with van der Waals surface area (Å²) in [6, 6.07) is -0.369. The van der Waals surface area contributed by atoms with Crippen LogP contribution in [0.2, 0.25) is 0 Å². The number of piperidine rings is 1. The molecule has 2 aliphatic rings. The van der Waals surface area contributed by atoms with Gasteiger partial charge in [0, 0.05) is 6.42 Å². The van der Waals surface area contributed by atoms with Crippen molar-refractivity contribution in [2.45, 2.75) is 38.1 Å². The van der Waals surface area contributed by atoms with E-state index in [2.05, 4.69) is 25.9 Å². The normalized spacial score (nSPS) is 34.7. The Hall–Kier alpha value is -1.50. The standard InChI is InChI=1S/C12H19N5O2/c18-12(19)10-5-9-3-7(1-2-8(9)6-13-10)4-11-14-16-17-15-11/h7-10,13H,1-6H2,(H,18,19)(H,14,15,16,17)/t7?,8?,9?,10-/m1/s1. The van der Waals surface area contributed by atoms with Crippen molar-refractivity contribution < 1.29 is 9.90 Å². The zero-order valence-electron chi connectivity index (χ0n) is 10.7. The quantitative estimate of drug-likeness (QED) is 0.722. The molecule has 3 rings (SSSR count). The summed E-state index contributed by atoms with van der Waals surface area (Å²) in [5.74, 6) is 1.85. The van der Waals surface area contributed by atoms with Gasteiger partial charge in [-0.15, -0.1) is 5.10 Å². The van der Waals surface area contributed by atoms with Crippen LogP contribution in [0.1, 0.15) is 31.5 Å². The van der Waals surface area contributed by atoms with Crippen molar-refractivity contribution in [3.05, 3.63) is 5.82 Å². The first kappa shape index (κ1) is 12.5. The van der Waals surface area contributed by atoms with Gasteiger partial charge >= 0.3 is 5.97 Å². The third-order valence-corrected chi connectivity index (χ3v) is 4.58. The number of nitrogens with zero attached hydrogens (tertiary/aromatic N) is 3. The van der Waals surface area contributed by atoms with Crippen LogP contribution >= 0.6 is 0 Å².